The number of H-pyrrole nitrogens is 1. The summed E-state index contributed by atoms with van der Waals surface area (Å²) in [6.45, 7) is 7.35. The molecule has 98 valence electrons. The Kier molecular flexibility index (Phi) is 4.24. The maximum atomic E-state index is 11.8. The van der Waals surface area contributed by atoms with Gasteiger partial charge in [0.05, 0.1) is 12.6 Å². The molecule has 0 saturated heterocycles. The van der Waals surface area contributed by atoms with Crippen molar-refractivity contribution in [2.45, 2.75) is 40.3 Å². The number of aromatic nitrogens is 3. The van der Waals surface area contributed by atoms with E-state index in [9.17, 15) is 4.79 Å². The molecule has 7 heteroatoms. The lowest BCUT2D eigenvalue weighted by Gasteiger charge is -2.15. The van der Waals surface area contributed by atoms with Gasteiger partial charge in [0.1, 0.15) is 5.41 Å². The van der Waals surface area contributed by atoms with E-state index < -0.39 is 5.41 Å². The highest BCUT2D eigenvalue weighted by Crippen LogP contribution is 2.13. The van der Waals surface area contributed by atoms with Crippen molar-refractivity contribution in [2.24, 2.45) is 5.41 Å². The van der Waals surface area contributed by atoms with Crippen LogP contribution in [-0.2, 0) is 11.3 Å². The van der Waals surface area contributed by atoms with E-state index in [0.29, 0.717) is 10.6 Å². The number of rotatable bonds is 4. The van der Waals surface area contributed by atoms with Crippen LogP contribution in [0, 0.1) is 21.5 Å². The highest BCUT2D eigenvalue weighted by atomic mass is 32.1. The van der Waals surface area contributed by atoms with Gasteiger partial charge in [0, 0.05) is 6.04 Å². The molecule has 0 bridgehead atoms. The van der Waals surface area contributed by atoms with Gasteiger partial charge < -0.3 is 9.88 Å². The lowest BCUT2D eigenvalue weighted by molar-refractivity contribution is -0.127. The van der Waals surface area contributed by atoms with E-state index >= 15 is 0 Å². The summed E-state index contributed by atoms with van der Waals surface area (Å²) >= 11 is 5.11. The lowest BCUT2D eigenvalue weighted by atomic mass is 9.95. The van der Waals surface area contributed by atoms with Gasteiger partial charge in [-0.15, -0.1) is 0 Å². The first-order valence-corrected chi connectivity index (χ1v) is 6.05. The van der Waals surface area contributed by atoms with Crippen LogP contribution in [-0.4, -0.2) is 20.7 Å². The Morgan fingerprint density at radius 3 is 2.78 bits per heavy atom. The average molecular weight is 267 g/mol. The van der Waals surface area contributed by atoms with Crippen LogP contribution < -0.4 is 5.32 Å². The van der Waals surface area contributed by atoms with Gasteiger partial charge in [0.15, 0.2) is 10.6 Å². The normalized spacial score (nSPS) is 11.3. The van der Waals surface area contributed by atoms with E-state index in [0.717, 1.165) is 0 Å². The highest BCUT2D eigenvalue weighted by molar-refractivity contribution is 7.71. The molecule has 0 aliphatic rings. The summed E-state index contributed by atoms with van der Waals surface area (Å²) in [7, 11) is 0. The molecule has 0 radical (unpaired) electrons. The molecule has 1 heterocycles. The SMILES string of the molecule is CC(C)n1c(CNC(=O)C(C)(C)C#N)n[nH]c1=S. The number of amides is 1. The highest BCUT2D eigenvalue weighted by Gasteiger charge is 2.27. The smallest absolute Gasteiger partial charge is 0.240 e. The second-order valence-corrected chi connectivity index (χ2v) is 5.21. The molecule has 0 atom stereocenters. The van der Waals surface area contributed by atoms with Crippen molar-refractivity contribution in [3.8, 4) is 6.07 Å². The van der Waals surface area contributed by atoms with Gasteiger partial charge in [-0.25, -0.2) is 0 Å². The zero-order valence-electron chi connectivity index (χ0n) is 10.9. The molecule has 18 heavy (non-hydrogen) atoms. The van der Waals surface area contributed by atoms with Crippen LogP contribution in [0.5, 0.6) is 0 Å². The molecule has 0 unspecified atom stereocenters. The van der Waals surface area contributed by atoms with Crippen molar-refractivity contribution < 1.29 is 4.79 Å². The van der Waals surface area contributed by atoms with Crippen LogP contribution >= 0.6 is 12.2 Å². The predicted molar refractivity (Wildman–Crippen MR) is 69.0 cm³/mol. The predicted octanol–water partition coefficient (Wildman–Crippen LogP) is 1.69. The monoisotopic (exact) mass is 267 g/mol. The number of hydrogen-bond acceptors (Lipinski definition) is 4. The number of hydrogen-bond donors (Lipinski definition) is 2. The Morgan fingerprint density at radius 2 is 2.28 bits per heavy atom. The molecule has 0 aromatic carbocycles. The molecule has 0 fully saturated rings. The fourth-order valence-corrected chi connectivity index (χ4v) is 1.79. The minimum atomic E-state index is -1.05. The van der Waals surface area contributed by atoms with Crippen LogP contribution in [0.1, 0.15) is 39.6 Å². The van der Waals surface area contributed by atoms with Crippen LogP contribution in [0.3, 0.4) is 0 Å². The number of carbonyl (C=O) groups excluding carboxylic acids is 1. The van der Waals surface area contributed by atoms with Gasteiger partial charge in [-0.3, -0.25) is 9.89 Å². The molecule has 0 aliphatic carbocycles. The maximum absolute atomic E-state index is 11.8. The number of nitrogens with one attached hydrogen (secondary N) is 2. The summed E-state index contributed by atoms with van der Waals surface area (Å²) in [5.74, 6) is 0.325. The topological polar surface area (TPSA) is 86.5 Å². The van der Waals surface area contributed by atoms with E-state index in [1.54, 1.807) is 13.8 Å². The lowest BCUT2D eigenvalue weighted by Crippen LogP contribution is -2.36. The third kappa shape index (κ3) is 2.96. The first-order valence-electron chi connectivity index (χ1n) is 5.65. The molecular formula is C11H17N5OS. The largest absolute Gasteiger partial charge is 0.347 e. The molecule has 0 saturated carbocycles. The first-order chi connectivity index (χ1) is 8.29. The Labute approximate surface area is 111 Å². The minimum Gasteiger partial charge on any atom is -0.347 e. The fourth-order valence-electron chi connectivity index (χ4n) is 1.43. The van der Waals surface area contributed by atoms with E-state index in [1.165, 1.54) is 0 Å². The summed E-state index contributed by atoms with van der Waals surface area (Å²) in [6.07, 6.45) is 0. The summed E-state index contributed by atoms with van der Waals surface area (Å²) < 4.78 is 2.35. The molecule has 0 aliphatic heterocycles. The van der Waals surface area contributed by atoms with E-state index in [2.05, 4.69) is 15.5 Å². The summed E-state index contributed by atoms with van der Waals surface area (Å²) in [4.78, 5) is 11.8. The van der Waals surface area contributed by atoms with Gasteiger partial charge in [0.2, 0.25) is 5.91 Å². The molecule has 2 N–H and O–H groups in total. The molecular weight excluding hydrogens is 250 g/mol. The molecule has 6 nitrogen and oxygen atoms in total. The second kappa shape index (κ2) is 5.31. The second-order valence-electron chi connectivity index (χ2n) is 4.83. The standard InChI is InChI=1S/C11H17N5OS/c1-7(2)16-8(14-15-10(16)18)5-13-9(17)11(3,4)6-12/h7H,5H2,1-4H3,(H,13,17)(H,15,18). The van der Waals surface area contributed by atoms with Gasteiger partial charge in [-0.05, 0) is 39.9 Å². The van der Waals surface area contributed by atoms with Crippen molar-refractivity contribution >= 4 is 18.1 Å². The zero-order valence-corrected chi connectivity index (χ0v) is 11.8. The zero-order chi connectivity index (χ0) is 13.9. The Bertz CT molecular complexity index is 534. The Hall–Kier alpha value is -1.68. The van der Waals surface area contributed by atoms with Crippen LogP contribution in [0.15, 0.2) is 0 Å². The van der Waals surface area contributed by atoms with Gasteiger partial charge >= 0.3 is 0 Å². The van der Waals surface area contributed by atoms with Crippen LogP contribution in [0.4, 0.5) is 0 Å². The molecule has 0 spiro atoms. The summed E-state index contributed by atoms with van der Waals surface area (Å²) in [5.41, 5.74) is -1.05. The molecule has 1 rings (SSSR count). The number of carbonyl (C=O) groups is 1. The summed E-state index contributed by atoms with van der Waals surface area (Å²) in [6, 6.07) is 2.11. The fraction of sp³-hybridized carbons (Fsp3) is 0.636. The van der Waals surface area contributed by atoms with Crippen molar-refractivity contribution in [1.29, 1.82) is 5.26 Å². The van der Waals surface area contributed by atoms with E-state index in [4.69, 9.17) is 17.5 Å². The van der Waals surface area contributed by atoms with E-state index in [-0.39, 0.29) is 18.5 Å². The van der Waals surface area contributed by atoms with Crippen LogP contribution in [0.2, 0.25) is 0 Å². The Balaban J connectivity index is 2.80. The quantitative estimate of drug-likeness (QED) is 0.813. The van der Waals surface area contributed by atoms with Crippen molar-refractivity contribution in [3.05, 3.63) is 10.6 Å². The average Bonchev–Trinajstić information content (AvgIpc) is 2.67. The number of nitriles is 1. The molecule has 1 aromatic rings. The maximum Gasteiger partial charge on any atom is 0.240 e. The Morgan fingerprint density at radius 1 is 1.67 bits per heavy atom. The minimum absolute atomic E-state index is 0.159. The number of aromatic amines is 1. The van der Waals surface area contributed by atoms with Crippen molar-refractivity contribution in [2.75, 3.05) is 0 Å². The van der Waals surface area contributed by atoms with Gasteiger partial charge in [-0.2, -0.15) is 10.4 Å². The van der Waals surface area contributed by atoms with Crippen LogP contribution in [0.25, 0.3) is 0 Å². The van der Waals surface area contributed by atoms with Crippen molar-refractivity contribution in [3.63, 3.8) is 0 Å². The van der Waals surface area contributed by atoms with Gasteiger partial charge in [-0.1, -0.05) is 0 Å². The molecule has 1 aromatic heterocycles. The first kappa shape index (κ1) is 14.4. The van der Waals surface area contributed by atoms with E-state index in [1.807, 2.05) is 24.5 Å². The van der Waals surface area contributed by atoms with Gasteiger partial charge in [0.25, 0.3) is 0 Å². The van der Waals surface area contributed by atoms with Crippen molar-refractivity contribution in [1.82, 2.24) is 20.1 Å². The number of nitrogens with zero attached hydrogens (tertiary/aromatic N) is 3. The molecule has 1 amide bonds. The third-order valence-corrected chi connectivity index (χ3v) is 2.84. The third-order valence-electron chi connectivity index (χ3n) is 2.55. The summed E-state index contributed by atoms with van der Waals surface area (Å²) in [5, 5.41) is 18.3.